The Kier molecular flexibility index (Phi) is 3.46. The van der Waals surface area contributed by atoms with Gasteiger partial charge >= 0.3 is 0 Å². The number of ether oxygens (including phenoxy) is 1. The van der Waals surface area contributed by atoms with E-state index in [0.717, 1.165) is 30.0 Å². The molecule has 4 rings (SSSR count). The van der Waals surface area contributed by atoms with Crippen molar-refractivity contribution >= 4 is 33.3 Å². The quantitative estimate of drug-likeness (QED) is 0.921. The minimum Gasteiger partial charge on any atom is -0.377 e. The van der Waals surface area contributed by atoms with Gasteiger partial charge in [-0.15, -0.1) is 11.3 Å². The highest BCUT2D eigenvalue weighted by Crippen LogP contribution is 2.40. The number of morpholine rings is 1. The van der Waals surface area contributed by atoms with E-state index in [2.05, 4.69) is 14.9 Å². The number of rotatable bonds is 3. The summed E-state index contributed by atoms with van der Waals surface area (Å²) in [7, 11) is 0. The molecule has 6 nitrogen and oxygen atoms in total. The largest absolute Gasteiger partial charge is 0.377 e. The SMILES string of the molecule is NC(=O)CC1COCCN1c1ncnc2sc3c(c12)CCC3. The highest BCUT2D eigenvalue weighted by molar-refractivity contribution is 7.19. The molecule has 2 N–H and O–H groups in total. The second kappa shape index (κ2) is 5.48. The number of anilines is 1. The second-order valence-corrected chi connectivity index (χ2v) is 6.91. The van der Waals surface area contributed by atoms with Crippen LogP contribution < -0.4 is 10.6 Å². The third-order valence-corrected chi connectivity index (χ3v) is 5.62. The van der Waals surface area contributed by atoms with Gasteiger partial charge in [0.25, 0.3) is 0 Å². The molecule has 2 aromatic heterocycles. The molecule has 2 aromatic rings. The molecule has 1 unspecified atom stereocenters. The summed E-state index contributed by atoms with van der Waals surface area (Å²) in [6, 6.07) is -0.0405. The van der Waals surface area contributed by atoms with Crippen LogP contribution in [0.1, 0.15) is 23.3 Å². The van der Waals surface area contributed by atoms with E-state index in [-0.39, 0.29) is 18.4 Å². The van der Waals surface area contributed by atoms with Gasteiger partial charge in [0.1, 0.15) is 17.0 Å². The molecule has 3 heterocycles. The van der Waals surface area contributed by atoms with Gasteiger partial charge in [0.05, 0.1) is 24.6 Å². The lowest BCUT2D eigenvalue weighted by Crippen LogP contribution is -2.47. The first-order valence-corrected chi connectivity index (χ1v) is 8.43. The fourth-order valence-corrected chi connectivity index (χ4v) is 4.69. The molecule has 0 spiro atoms. The van der Waals surface area contributed by atoms with E-state index in [1.165, 1.54) is 22.2 Å². The van der Waals surface area contributed by atoms with Crippen molar-refractivity contribution < 1.29 is 9.53 Å². The van der Waals surface area contributed by atoms with E-state index in [0.29, 0.717) is 13.2 Å². The number of primary amides is 1. The normalized spacial score (nSPS) is 21.3. The van der Waals surface area contributed by atoms with Crippen molar-refractivity contribution in [3.63, 3.8) is 0 Å². The monoisotopic (exact) mass is 318 g/mol. The molecule has 0 saturated carbocycles. The lowest BCUT2D eigenvalue weighted by atomic mass is 10.1. The van der Waals surface area contributed by atoms with Gasteiger partial charge in [0, 0.05) is 17.8 Å². The van der Waals surface area contributed by atoms with Gasteiger partial charge in [-0.05, 0) is 24.8 Å². The third-order valence-electron chi connectivity index (χ3n) is 4.42. The van der Waals surface area contributed by atoms with Crippen LogP contribution in [-0.2, 0) is 22.4 Å². The molecular formula is C15H18N4O2S. The number of carbonyl (C=O) groups is 1. The molecular weight excluding hydrogens is 300 g/mol. The first-order valence-electron chi connectivity index (χ1n) is 7.62. The number of amides is 1. The van der Waals surface area contributed by atoms with E-state index in [1.54, 1.807) is 17.7 Å². The summed E-state index contributed by atoms with van der Waals surface area (Å²) < 4.78 is 5.53. The smallest absolute Gasteiger partial charge is 0.219 e. The number of thiophene rings is 1. The predicted octanol–water partition coefficient (Wildman–Crippen LogP) is 1.26. The first-order chi connectivity index (χ1) is 10.7. The Bertz CT molecular complexity index is 730. The van der Waals surface area contributed by atoms with Crippen molar-refractivity contribution in [3.05, 3.63) is 16.8 Å². The molecule has 1 aliphatic carbocycles. The number of aromatic nitrogens is 2. The Morgan fingerprint density at radius 1 is 1.45 bits per heavy atom. The van der Waals surface area contributed by atoms with Crippen LogP contribution in [-0.4, -0.2) is 41.7 Å². The predicted molar refractivity (Wildman–Crippen MR) is 85.2 cm³/mol. The minimum atomic E-state index is -0.304. The molecule has 22 heavy (non-hydrogen) atoms. The van der Waals surface area contributed by atoms with Crippen molar-refractivity contribution in [2.24, 2.45) is 5.73 Å². The summed E-state index contributed by atoms with van der Waals surface area (Å²) in [6.45, 7) is 1.89. The van der Waals surface area contributed by atoms with Crippen LogP contribution in [0.25, 0.3) is 10.2 Å². The van der Waals surface area contributed by atoms with Crippen molar-refractivity contribution in [1.82, 2.24) is 9.97 Å². The summed E-state index contributed by atoms with van der Waals surface area (Å²) in [6.07, 6.45) is 5.36. The van der Waals surface area contributed by atoms with Crippen LogP contribution in [0.5, 0.6) is 0 Å². The molecule has 2 aliphatic rings. The molecule has 1 fully saturated rings. The molecule has 0 aromatic carbocycles. The van der Waals surface area contributed by atoms with Crippen molar-refractivity contribution in [3.8, 4) is 0 Å². The third kappa shape index (κ3) is 2.24. The standard InChI is InChI=1S/C15H18N4O2S/c16-12(20)6-9-7-21-5-4-19(9)14-13-10-2-1-3-11(10)22-15(13)18-8-17-14/h8-9H,1-7H2,(H2,16,20). The maximum absolute atomic E-state index is 11.4. The van der Waals surface area contributed by atoms with E-state index in [9.17, 15) is 4.79 Å². The van der Waals surface area contributed by atoms with Gasteiger partial charge in [-0.1, -0.05) is 0 Å². The van der Waals surface area contributed by atoms with E-state index in [1.807, 2.05) is 0 Å². The molecule has 116 valence electrons. The average molecular weight is 318 g/mol. The summed E-state index contributed by atoms with van der Waals surface area (Å²) in [4.78, 5) is 25.0. The van der Waals surface area contributed by atoms with Crippen LogP contribution in [0.2, 0.25) is 0 Å². The summed E-state index contributed by atoms with van der Waals surface area (Å²) >= 11 is 1.78. The van der Waals surface area contributed by atoms with Gasteiger partial charge in [-0.2, -0.15) is 0 Å². The molecule has 0 bridgehead atoms. The zero-order valence-electron chi connectivity index (χ0n) is 12.2. The molecule has 0 radical (unpaired) electrons. The Morgan fingerprint density at radius 2 is 2.36 bits per heavy atom. The van der Waals surface area contributed by atoms with Crippen molar-refractivity contribution in [2.45, 2.75) is 31.7 Å². The Hall–Kier alpha value is -1.73. The minimum absolute atomic E-state index is 0.0405. The van der Waals surface area contributed by atoms with Crippen LogP contribution in [0.3, 0.4) is 0 Å². The lowest BCUT2D eigenvalue weighted by Gasteiger charge is -2.36. The van der Waals surface area contributed by atoms with Gasteiger partial charge in [0.15, 0.2) is 0 Å². The second-order valence-electron chi connectivity index (χ2n) is 5.83. The van der Waals surface area contributed by atoms with Gasteiger partial charge in [-0.3, -0.25) is 4.79 Å². The van der Waals surface area contributed by atoms with E-state index < -0.39 is 0 Å². The Labute approximate surface area is 132 Å². The number of nitrogens with zero attached hydrogens (tertiary/aromatic N) is 3. The number of hydrogen-bond donors (Lipinski definition) is 1. The summed E-state index contributed by atoms with van der Waals surface area (Å²) in [5.74, 6) is 0.639. The Balaban J connectivity index is 1.80. The highest BCUT2D eigenvalue weighted by Gasteiger charge is 2.30. The summed E-state index contributed by atoms with van der Waals surface area (Å²) in [5, 5.41) is 1.18. The highest BCUT2D eigenvalue weighted by atomic mass is 32.1. The zero-order chi connectivity index (χ0) is 15.1. The molecule has 1 atom stereocenters. The fourth-order valence-electron chi connectivity index (χ4n) is 3.46. The van der Waals surface area contributed by atoms with E-state index in [4.69, 9.17) is 10.5 Å². The number of aryl methyl sites for hydroxylation is 2. The van der Waals surface area contributed by atoms with Crippen molar-refractivity contribution in [2.75, 3.05) is 24.7 Å². The fraction of sp³-hybridized carbons (Fsp3) is 0.533. The van der Waals surface area contributed by atoms with Crippen LogP contribution in [0.4, 0.5) is 5.82 Å². The Morgan fingerprint density at radius 3 is 3.23 bits per heavy atom. The number of nitrogens with two attached hydrogens (primary N) is 1. The zero-order valence-corrected chi connectivity index (χ0v) is 13.1. The van der Waals surface area contributed by atoms with Gasteiger partial charge in [0.2, 0.25) is 5.91 Å². The molecule has 1 saturated heterocycles. The molecule has 7 heteroatoms. The van der Waals surface area contributed by atoms with Gasteiger partial charge in [-0.25, -0.2) is 9.97 Å². The lowest BCUT2D eigenvalue weighted by molar-refractivity contribution is -0.118. The number of hydrogen-bond acceptors (Lipinski definition) is 6. The first kappa shape index (κ1) is 13.9. The van der Waals surface area contributed by atoms with Gasteiger partial charge < -0.3 is 15.4 Å². The van der Waals surface area contributed by atoms with Crippen molar-refractivity contribution in [1.29, 1.82) is 0 Å². The number of carbonyl (C=O) groups excluding carboxylic acids is 1. The maximum atomic E-state index is 11.4. The average Bonchev–Trinajstić information content (AvgIpc) is 3.07. The summed E-state index contributed by atoms with van der Waals surface area (Å²) in [5.41, 5.74) is 6.80. The number of fused-ring (bicyclic) bond motifs is 3. The van der Waals surface area contributed by atoms with Crippen LogP contribution in [0, 0.1) is 0 Å². The van der Waals surface area contributed by atoms with Crippen LogP contribution >= 0.6 is 11.3 Å². The molecule has 1 amide bonds. The topological polar surface area (TPSA) is 81.3 Å². The van der Waals surface area contributed by atoms with E-state index >= 15 is 0 Å². The molecule has 1 aliphatic heterocycles. The maximum Gasteiger partial charge on any atom is 0.219 e. The van der Waals surface area contributed by atoms with Crippen LogP contribution in [0.15, 0.2) is 6.33 Å².